The molecule has 1 rings (SSSR count). The molecule has 2 N–H and O–H groups in total. The fourth-order valence-electron chi connectivity index (χ4n) is 1.51. The Morgan fingerprint density at radius 3 is 2.53 bits per heavy atom. The molecule has 0 heterocycles. The van der Waals surface area contributed by atoms with E-state index >= 15 is 0 Å². The zero-order chi connectivity index (χ0) is 14.6. The topological polar surface area (TPSA) is 118 Å². The van der Waals surface area contributed by atoms with E-state index < -0.39 is 22.7 Å². The van der Waals surface area contributed by atoms with Gasteiger partial charge in [0.15, 0.2) is 11.9 Å². The van der Waals surface area contributed by atoms with Crippen LogP contribution in [0.15, 0.2) is 18.2 Å². The van der Waals surface area contributed by atoms with Crippen molar-refractivity contribution >= 4 is 29.0 Å². The number of aliphatic carboxylic acids is 1. The summed E-state index contributed by atoms with van der Waals surface area (Å²) in [7, 11) is 0. The average molecular weight is 288 g/mol. The lowest BCUT2D eigenvalue weighted by Gasteiger charge is -2.08. The number of carbonyl (C=O) groups excluding carboxylic acids is 1. The average Bonchev–Trinajstić information content (AvgIpc) is 2.37. The van der Waals surface area contributed by atoms with Gasteiger partial charge in [0, 0.05) is 12.5 Å². The number of carbonyl (C=O) groups is 2. The van der Waals surface area contributed by atoms with E-state index in [1.54, 1.807) is 0 Å². The Morgan fingerprint density at radius 1 is 1.42 bits per heavy atom. The second-order valence-electron chi connectivity index (χ2n) is 3.74. The van der Waals surface area contributed by atoms with Gasteiger partial charge in [0.2, 0.25) is 0 Å². The van der Waals surface area contributed by atoms with E-state index in [1.165, 1.54) is 6.07 Å². The molecule has 0 bridgehead atoms. The number of aliphatic hydroxyl groups excluding tert-OH is 1. The summed E-state index contributed by atoms with van der Waals surface area (Å²) in [4.78, 5) is 31.8. The lowest BCUT2D eigenvalue weighted by molar-refractivity contribution is -0.386. The maximum absolute atomic E-state index is 11.2. The van der Waals surface area contributed by atoms with Gasteiger partial charge in [-0.05, 0) is 11.6 Å². The quantitative estimate of drug-likeness (QED) is 0.459. The minimum atomic E-state index is -2.02. The number of aliphatic hydroxyl groups is 1. The third-order valence-corrected chi connectivity index (χ3v) is 2.67. The molecule has 0 aliphatic rings. The second kappa shape index (κ2) is 6.26. The standard InChI is InChI=1S/C11H10ClNO6/c12-5-7(14)3-6-1-2-9(13(18)19)8(4-6)10(15)11(16)17/h1-2,4,10,15H,3,5H2,(H,16,17). The Bertz CT molecular complexity index is 530. The van der Waals surface area contributed by atoms with Crippen LogP contribution in [0.1, 0.15) is 17.2 Å². The van der Waals surface area contributed by atoms with Gasteiger partial charge in [0.1, 0.15) is 0 Å². The van der Waals surface area contributed by atoms with Gasteiger partial charge in [0.25, 0.3) is 5.69 Å². The van der Waals surface area contributed by atoms with Crippen molar-refractivity contribution in [3.8, 4) is 0 Å². The molecule has 0 aromatic heterocycles. The minimum absolute atomic E-state index is 0.0825. The van der Waals surface area contributed by atoms with E-state index in [-0.39, 0.29) is 23.6 Å². The molecule has 0 fully saturated rings. The number of carboxylic acid groups (broad SMARTS) is 1. The number of hydrogen-bond donors (Lipinski definition) is 2. The summed E-state index contributed by atoms with van der Waals surface area (Å²) in [6, 6.07) is 3.50. The summed E-state index contributed by atoms with van der Waals surface area (Å²) >= 11 is 5.34. The SMILES string of the molecule is O=C(CCl)Cc1ccc([N+](=O)[O-])c(C(O)C(=O)O)c1. The monoisotopic (exact) mass is 287 g/mol. The largest absolute Gasteiger partial charge is 0.479 e. The zero-order valence-electron chi connectivity index (χ0n) is 9.58. The third kappa shape index (κ3) is 3.73. The van der Waals surface area contributed by atoms with Crippen LogP contribution in [0.2, 0.25) is 0 Å². The molecule has 0 saturated carbocycles. The van der Waals surface area contributed by atoms with Crippen LogP contribution in [-0.4, -0.2) is 32.8 Å². The van der Waals surface area contributed by atoms with Crippen molar-refractivity contribution < 1.29 is 24.7 Å². The van der Waals surface area contributed by atoms with Crippen LogP contribution in [0.4, 0.5) is 5.69 Å². The van der Waals surface area contributed by atoms with Crippen LogP contribution in [0, 0.1) is 10.1 Å². The van der Waals surface area contributed by atoms with Crippen LogP contribution in [-0.2, 0) is 16.0 Å². The Hall–Kier alpha value is -1.99. The highest BCUT2D eigenvalue weighted by Crippen LogP contribution is 2.26. The number of nitro groups is 1. The molecular formula is C11H10ClNO6. The van der Waals surface area contributed by atoms with Crippen molar-refractivity contribution in [2.24, 2.45) is 0 Å². The van der Waals surface area contributed by atoms with Gasteiger partial charge < -0.3 is 10.2 Å². The van der Waals surface area contributed by atoms with Gasteiger partial charge >= 0.3 is 5.97 Å². The number of benzene rings is 1. The van der Waals surface area contributed by atoms with Crippen molar-refractivity contribution in [1.82, 2.24) is 0 Å². The Labute approximate surface area is 112 Å². The normalized spacial score (nSPS) is 11.9. The van der Waals surface area contributed by atoms with Gasteiger partial charge in [-0.25, -0.2) is 4.79 Å². The summed E-state index contributed by atoms with van der Waals surface area (Å²) in [5.74, 6) is -2.14. The highest BCUT2D eigenvalue weighted by Gasteiger charge is 2.26. The molecule has 0 radical (unpaired) electrons. The Balaban J connectivity index is 3.22. The molecule has 0 aliphatic heterocycles. The van der Waals surface area contributed by atoms with E-state index in [9.17, 15) is 24.8 Å². The maximum Gasteiger partial charge on any atom is 0.337 e. The van der Waals surface area contributed by atoms with Crippen molar-refractivity contribution in [1.29, 1.82) is 0 Å². The summed E-state index contributed by atoms with van der Waals surface area (Å²) in [6.45, 7) is 0. The van der Waals surface area contributed by atoms with Gasteiger partial charge in [0.05, 0.1) is 16.4 Å². The molecule has 0 saturated heterocycles. The van der Waals surface area contributed by atoms with Gasteiger partial charge in [-0.15, -0.1) is 11.6 Å². The number of halogens is 1. The number of alkyl halides is 1. The molecule has 1 aromatic rings. The number of rotatable bonds is 6. The molecule has 1 aromatic carbocycles. The highest BCUT2D eigenvalue weighted by molar-refractivity contribution is 6.27. The minimum Gasteiger partial charge on any atom is -0.479 e. The number of ketones is 1. The van der Waals surface area contributed by atoms with Crippen LogP contribution in [0.5, 0.6) is 0 Å². The maximum atomic E-state index is 11.2. The van der Waals surface area contributed by atoms with E-state index in [0.717, 1.165) is 12.1 Å². The molecule has 8 heteroatoms. The first-order chi connectivity index (χ1) is 8.86. The van der Waals surface area contributed by atoms with Crippen LogP contribution >= 0.6 is 11.6 Å². The predicted molar refractivity (Wildman–Crippen MR) is 65.1 cm³/mol. The molecule has 19 heavy (non-hydrogen) atoms. The van der Waals surface area contributed by atoms with E-state index in [4.69, 9.17) is 16.7 Å². The number of Topliss-reactive ketones (excluding diaryl/α,β-unsaturated/α-hetero) is 1. The van der Waals surface area contributed by atoms with Crippen LogP contribution < -0.4 is 0 Å². The molecule has 7 nitrogen and oxygen atoms in total. The van der Waals surface area contributed by atoms with Gasteiger partial charge in [-0.2, -0.15) is 0 Å². The van der Waals surface area contributed by atoms with Crippen LogP contribution in [0.25, 0.3) is 0 Å². The first kappa shape index (κ1) is 15.1. The molecule has 0 spiro atoms. The number of hydrogen-bond acceptors (Lipinski definition) is 5. The molecule has 0 aliphatic carbocycles. The summed E-state index contributed by atoms with van der Waals surface area (Å²) in [5.41, 5.74) is -0.527. The number of nitrogens with zero attached hydrogens (tertiary/aromatic N) is 1. The first-order valence-electron chi connectivity index (χ1n) is 5.12. The smallest absolute Gasteiger partial charge is 0.337 e. The molecule has 1 unspecified atom stereocenters. The van der Waals surface area contributed by atoms with Gasteiger partial charge in [-0.1, -0.05) is 6.07 Å². The Kier molecular flexibility index (Phi) is 4.96. The van der Waals surface area contributed by atoms with Crippen molar-refractivity contribution in [2.45, 2.75) is 12.5 Å². The summed E-state index contributed by atoms with van der Waals surface area (Å²) in [5, 5.41) is 28.9. The molecule has 0 amide bonds. The fraction of sp³-hybridized carbons (Fsp3) is 0.273. The van der Waals surface area contributed by atoms with E-state index in [0.29, 0.717) is 5.56 Å². The van der Waals surface area contributed by atoms with E-state index in [2.05, 4.69) is 0 Å². The molecule has 102 valence electrons. The van der Waals surface area contributed by atoms with Crippen molar-refractivity contribution in [3.63, 3.8) is 0 Å². The van der Waals surface area contributed by atoms with Crippen LogP contribution in [0.3, 0.4) is 0 Å². The summed E-state index contributed by atoms with van der Waals surface area (Å²) < 4.78 is 0. The number of carboxylic acids is 1. The zero-order valence-corrected chi connectivity index (χ0v) is 10.3. The fourth-order valence-corrected chi connectivity index (χ4v) is 1.60. The third-order valence-electron chi connectivity index (χ3n) is 2.37. The lowest BCUT2D eigenvalue weighted by Crippen LogP contribution is -2.13. The summed E-state index contributed by atoms with van der Waals surface area (Å²) in [6.07, 6.45) is -2.10. The molecular weight excluding hydrogens is 278 g/mol. The highest BCUT2D eigenvalue weighted by atomic mass is 35.5. The number of nitro benzene ring substituents is 1. The Morgan fingerprint density at radius 2 is 2.05 bits per heavy atom. The lowest BCUT2D eigenvalue weighted by atomic mass is 10.0. The van der Waals surface area contributed by atoms with Crippen molar-refractivity contribution in [2.75, 3.05) is 5.88 Å². The predicted octanol–water partition coefficient (Wildman–Crippen LogP) is 1.06. The van der Waals surface area contributed by atoms with Gasteiger partial charge in [-0.3, -0.25) is 14.9 Å². The van der Waals surface area contributed by atoms with Crippen molar-refractivity contribution in [3.05, 3.63) is 39.4 Å². The molecule has 1 atom stereocenters. The van der Waals surface area contributed by atoms with E-state index in [1.807, 2.05) is 0 Å². The first-order valence-corrected chi connectivity index (χ1v) is 5.66. The second-order valence-corrected chi connectivity index (χ2v) is 4.01.